The van der Waals surface area contributed by atoms with Gasteiger partial charge in [0.25, 0.3) is 0 Å². The van der Waals surface area contributed by atoms with Gasteiger partial charge in [-0.05, 0) is 37.5 Å². The summed E-state index contributed by atoms with van der Waals surface area (Å²) in [4.78, 5) is 12.7. The average Bonchev–Trinajstić information content (AvgIpc) is 2.70. The van der Waals surface area contributed by atoms with Crippen LogP contribution >= 0.6 is 0 Å². The summed E-state index contributed by atoms with van der Waals surface area (Å²) < 4.78 is 36.6. The summed E-state index contributed by atoms with van der Waals surface area (Å²) >= 11 is 0. The van der Waals surface area contributed by atoms with Crippen molar-refractivity contribution in [2.45, 2.75) is 25.8 Å². The number of nitrogens with one attached hydrogen (secondary N) is 1. The molecule has 0 radical (unpaired) electrons. The van der Waals surface area contributed by atoms with Crippen molar-refractivity contribution in [2.75, 3.05) is 31.3 Å². The van der Waals surface area contributed by atoms with Gasteiger partial charge in [0.15, 0.2) is 0 Å². The fourth-order valence-corrected chi connectivity index (χ4v) is 4.22. The maximum atomic E-state index is 12.7. The molecule has 0 fully saturated rings. The van der Waals surface area contributed by atoms with Crippen LogP contribution in [0.3, 0.4) is 0 Å². The van der Waals surface area contributed by atoms with Gasteiger partial charge in [0, 0.05) is 12.6 Å². The van der Waals surface area contributed by atoms with Crippen molar-refractivity contribution in [1.82, 2.24) is 5.32 Å². The highest BCUT2D eigenvalue weighted by molar-refractivity contribution is 7.92. The Morgan fingerprint density at radius 3 is 2.38 bits per heavy atom. The van der Waals surface area contributed by atoms with Crippen molar-refractivity contribution in [3.05, 3.63) is 54.1 Å². The van der Waals surface area contributed by atoms with Gasteiger partial charge in [-0.25, -0.2) is 8.42 Å². The number of hydrogen-bond donors (Lipinski definition) is 1. The molecule has 1 atom stereocenters. The molecule has 0 aliphatic rings. The van der Waals surface area contributed by atoms with Crippen LogP contribution in [0.1, 0.15) is 18.9 Å². The quantitative estimate of drug-likeness (QED) is 0.597. The molecular formula is C21H28N2O5S. The lowest BCUT2D eigenvalue weighted by Gasteiger charge is -2.29. The number of nitrogens with zero attached hydrogens (tertiary/aromatic N) is 1. The molecule has 1 amide bonds. The van der Waals surface area contributed by atoms with E-state index in [0.29, 0.717) is 18.0 Å². The van der Waals surface area contributed by atoms with Gasteiger partial charge in [-0.15, -0.1) is 0 Å². The van der Waals surface area contributed by atoms with Gasteiger partial charge in [-0.3, -0.25) is 9.10 Å². The van der Waals surface area contributed by atoms with Crippen molar-refractivity contribution in [2.24, 2.45) is 0 Å². The van der Waals surface area contributed by atoms with E-state index in [4.69, 9.17) is 9.47 Å². The van der Waals surface area contributed by atoms with Crippen LogP contribution < -0.4 is 19.1 Å². The molecule has 158 valence electrons. The molecule has 0 aromatic heterocycles. The smallest absolute Gasteiger partial charge is 0.243 e. The molecule has 0 spiro atoms. The number of rotatable bonds is 10. The van der Waals surface area contributed by atoms with Crippen molar-refractivity contribution in [3.63, 3.8) is 0 Å². The zero-order valence-corrected chi connectivity index (χ0v) is 18.0. The third kappa shape index (κ3) is 6.12. The lowest BCUT2D eigenvalue weighted by atomic mass is 10.1. The monoisotopic (exact) mass is 420 g/mol. The molecule has 0 heterocycles. The first kappa shape index (κ1) is 22.5. The minimum absolute atomic E-state index is 0.251. The number of carbonyl (C=O) groups excluding carboxylic acids is 1. The fourth-order valence-electron chi connectivity index (χ4n) is 3.05. The van der Waals surface area contributed by atoms with Crippen molar-refractivity contribution < 1.29 is 22.7 Å². The molecule has 0 saturated heterocycles. The second kappa shape index (κ2) is 10.2. The summed E-state index contributed by atoms with van der Waals surface area (Å²) in [6.45, 7) is 2.00. The number of sulfonamides is 1. The first-order valence-corrected chi connectivity index (χ1v) is 11.2. The second-order valence-electron chi connectivity index (χ2n) is 6.65. The lowest BCUT2D eigenvalue weighted by molar-refractivity contribution is -0.121. The predicted molar refractivity (Wildman–Crippen MR) is 114 cm³/mol. The van der Waals surface area contributed by atoms with Crippen molar-refractivity contribution >= 4 is 21.6 Å². The first-order valence-electron chi connectivity index (χ1n) is 9.31. The minimum Gasteiger partial charge on any atom is -0.497 e. The Hall–Kier alpha value is -2.74. The Kier molecular flexibility index (Phi) is 7.90. The Bertz CT molecular complexity index is 916. The van der Waals surface area contributed by atoms with E-state index in [-0.39, 0.29) is 11.6 Å². The summed E-state index contributed by atoms with van der Waals surface area (Å²) in [5, 5.41) is 2.82. The maximum Gasteiger partial charge on any atom is 0.243 e. The standard InChI is InChI=1S/C21H28N2O5S/c1-16(21(24)22-14-8-11-17-9-6-5-7-10-17)23(29(4,25)26)19-15-18(27-2)12-13-20(19)28-3/h5-7,9-10,12-13,15-16H,8,11,14H2,1-4H3,(H,22,24)/t16-/m0/s1. The molecule has 7 nitrogen and oxygen atoms in total. The molecule has 0 unspecified atom stereocenters. The average molecular weight is 421 g/mol. The van der Waals surface area contributed by atoms with E-state index in [0.717, 1.165) is 23.4 Å². The van der Waals surface area contributed by atoms with Crippen LogP contribution in [0.4, 0.5) is 5.69 Å². The van der Waals surface area contributed by atoms with Crippen LogP contribution in [0.5, 0.6) is 11.5 Å². The molecule has 29 heavy (non-hydrogen) atoms. The number of benzene rings is 2. The van der Waals surface area contributed by atoms with Gasteiger partial charge >= 0.3 is 0 Å². The summed E-state index contributed by atoms with van der Waals surface area (Å²) in [7, 11) is -0.827. The predicted octanol–water partition coefficient (Wildman–Crippen LogP) is 2.61. The van der Waals surface area contributed by atoms with Gasteiger partial charge in [-0.2, -0.15) is 0 Å². The van der Waals surface area contributed by atoms with Crippen LogP contribution in [0.2, 0.25) is 0 Å². The molecule has 2 aromatic rings. The highest BCUT2D eigenvalue weighted by atomic mass is 32.2. The molecule has 0 saturated carbocycles. The van der Waals surface area contributed by atoms with E-state index in [1.165, 1.54) is 19.8 Å². The topological polar surface area (TPSA) is 84.9 Å². The molecule has 8 heteroatoms. The zero-order valence-electron chi connectivity index (χ0n) is 17.2. The van der Waals surface area contributed by atoms with Crippen molar-refractivity contribution in [1.29, 1.82) is 0 Å². The Morgan fingerprint density at radius 1 is 1.10 bits per heavy atom. The van der Waals surface area contributed by atoms with Crippen LogP contribution in [0.15, 0.2) is 48.5 Å². The molecule has 1 N–H and O–H groups in total. The van der Waals surface area contributed by atoms with Crippen LogP contribution in [0, 0.1) is 0 Å². The largest absolute Gasteiger partial charge is 0.497 e. The van der Waals surface area contributed by atoms with Gasteiger partial charge in [0.1, 0.15) is 17.5 Å². The summed E-state index contributed by atoms with van der Waals surface area (Å²) in [5.41, 5.74) is 1.44. The minimum atomic E-state index is -3.76. The maximum absolute atomic E-state index is 12.7. The van der Waals surface area contributed by atoms with E-state index in [9.17, 15) is 13.2 Å². The summed E-state index contributed by atoms with van der Waals surface area (Å²) in [6.07, 6.45) is 2.64. The number of aryl methyl sites for hydroxylation is 1. The molecule has 0 aliphatic carbocycles. The van der Waals surface area contributed by atoms with E-state index in [1.807, 2.05) is 30.3 Å². The highest BCUT2D eigenvalue weighted by Crippen LogP contribution is 2.35. The number of hydrogen-bond acceptors (Lipinski definition) is 5. The number of ether oxygens (including phenoxy) is 2. The Morgan fingerprint density at radius 2 is 1.79 bits per heavy atom. The van der Waals surface area contributed by atoms with Crippen LogP contribution in [0.25, 0.3) is 0 Å². The van der Waals surface area contributed by atoms with Gasteiger partial charge in [0.2, 0.25) is 15.9 Å². The van der Waals surface area contributed by atoms with Gasteiger partial charge in [-0.1, -0.05) is 30.3 Å². The number of carbonyl (C=O) groups is 1. The van der Waals surface area contributed by atoms with Crippen molar-refractivity contribution in [3.8, 4) is 11.5 Å². The van der Waals surface area contributed by atoms with Crippen LogP contribution in [-0.2, 0) is 21.2 Å². The number of methoxy groups -OCH3 is 2. The molecule has 2 rings (SSSR count). The number of anilines is 1. The molecule has 0 bridgehead atoms. The Balaban J connectivity index is 2.13. The van der Waals surface area contributed by atoms with Crippen LogP contribution in [-0.4, -0.2) is 47.4 Å². The lowest BCUT2D eigenvalue weighted by Crippen LogP contribution is -2.48. The third-order valence-electron chi connectivity index (χ3n) is 4.50. The van der Waals surface area contributed by atoms with E-state index in [1.54, 1.807) is 25.1 Å². The Labute approximate surface area is 172 Å². The SMILES string of the molecule is COc1ccc(OC)c(N([C@@H](C)C(=O)NCCCc2ccccc2)S(C)(=O)=O)c1. The zero-order chi connectivity index (χ0) is 21.4. The van der Waals surface area contributed by atoms with Gasteiger partial charge < -0.3 is 14.8 Å². The molecule has 2 aromatic carbocycles. The highest BCUT2D eigenvalue weighted by Gasteiger charge is 2.31. The third-order valence-corrected chi connectivity index (χ3v) is 5.72. The summed E-state index contributed by atoms with van der Waals surface area (Å²) in [5.74, 6) is 0.415. The van der Waals surface area contributed by atoms with E-state index >= 15 is 0 Å². The molecule has 0 aliphatic heterocycles. The van der Waals surface area contributed by atoms with E-state index in [2.05, 4.69) is 5.32 Å². The number of amides is 1. The first-order chi connectivity index (χ1) is 13.8. The normalized spacial score (nSPS) is 12.1. The van der Waals surface area contributed by atoms with Gasteiger partial charge in [0.05, 0.1) is 26.2 Å². The second-order valence-corrected chi connectivity index (χ2v) is 8.51. The molecular weight excluding hydrogens is 392 g/mol. The fraction of sp³-hybridized carbons (Fsp3) is 0.381. The summed E-state index contributed by atoms with van der Waals surface area (Å²) in [6, 6.07) is 13.8. The van der Waals surface area contributed by atoms with E-state index < -0.39 is 16.1 Å².